The minimum atomic E-state index is -5.03. The fraction of sp³-hybridized carbons (Fsp3) is 0.167. The molecule has 0 atom stereocenters. The average Bonchev–Trinajstić information content (AvgIpc) is 1.85. The summed E-state index contributed by atoms with van der Waals surface area (Å²) in [4.78, 5) is 3.03. The molecule has 1 N–H and O–H groups in total. The Morgan fingerprint density at radius 1 is 1.50 bits per heavy atom. The van der Waals surface area contributed by atoms with Gasteiger partial charge in [0.05, 0.1) is 0 Å². The van der Waals surface area contributed by atoms with Gasteiger partial charge in [-0.25, -0.2) is 4.98 Å². The van der Waals surface area contributed by atoms with Crippen molar-refractivity contribution >= 4 is 10.0 Å². The molecule has 1 heterocycles. The van der Waals surface area contributed by atoms with E-state index >= 15 is 0 Å². The number of nitrogens with one attached hydrogen (secondary N) is 1. The molecule has 0 aliphatic heterocycles. The summed E-state index contributed by atoms with van der Waals surface area (Å²) in [6.45, 7) is 2.03. The topological polar surface area (TPSA) is 71.3 Å². The fourth-order valence-electron chi connectivity index (χ4n) is 0.483. The van der Waals surface area contributed by atoms with Crippen LogP contribution in [-0.4, -0.2) is 0 Å². The Morgan fingerprint density at radius 3 is 2.17 bits per heavy atom. The number of aryl methyl sites for hydroxylation is 1. The number of pyridine rings is 1. The summed E-state index contributed by atoms with van der Waals surface area (Å²) < 4.78 is 26.7. The van der Waals surface area contributed by atoms with Gasteiger partial charge in [0.1, 0.15) is 0 Å². The van der Waals surface area contributed by atoms with E-state index < -0.39 is 12.4 Å². The van der Waals surface area contributed by atoms with Crippen LogP contribution in [0, 0.1) is 6.92 Å². The van der Waals surface area contributed by atoms with E-state index in [4.69, 9.17) is 11.8 Å². The summed E-state index contributed by atoms with van der Waals surface area (Å²) in [5.41, 5.74) is 1.20. The first-order chi connectivity index (χ1) is 5.39. The zero-order valence-electron chi connectivity index (χ0n) is 6.32. The van der Waals surface area contributed by atoms with Gasteiger partial charge in [-0.15, -0.1) is 0 Å². The first-order valence-corrected chi connectivity index (χ1v) is 6.30. The standard InChI is InChI=1S/C6H7N.ClH.Cr.3O/c1-6-4-2-3-5-7-6;;;;;/h2-5H,1H3;1H;;;;/q;;+1;;;-1. The molecule has 0 fully saturated rings. The van der Waals surface area contributed by atoms with Crippen molar-refractivity contribution in [3.05, 3.63) is 30.1 Å². The molecule has 1 aromatic rings. The molecule has 0 saturated carbocycles. The molecule has 1 rings (SSSR count). The van der Waals surface area contributed by atoms with Gasteiger partial charge < -0.3 is 0 Å². The number of rotatable bonds is 0. The van der Waals surface area contributed by atoms with Gasteiger partial charge in [-0.2, -0.15) is 0 Å². The molecule has 0 unspecified atom stereocenters. The van der Waals surface area contributed by atoms with Crippen LogP contribution in [0.15, 0.2) is 24.4 Å². The quantitative estimate of drug-likeness (QED) is 0.632. The van der Waals surface area contributed by atoms with E-state index in [1.807, 2.05) is 31.3 Å². The van der Waals surface area contributed by atoms with Crippen LogP contribution < -0.4 is 9.14 Å². The molecular weight excluding hydrogens is 222 g/mol. The van der Waals surface area contributed by atoms with Crippen molar-refractivity contribution in [3.63, 3.8) is 0 Å². The van der Waals surface area contributed by atoms with Crippen molar-refractivity contribution in [1.82, 2.24) is 0 Å². The Bertz CT molecular complexity index is 303. The number of aromatic nitrogens is 1. The predicted molar refractivity (Wildman–Crippen MR) is 35.0 cm³/mol. The van der Waals surface area contributed by atoms with Crippen LogP contribution in [0.5, 0.6) is 0 Å². The number of hydrogen-bond acceptors (Lipinski definition) is 3. The second-order valence-electron chi connectivity index (χ2n) is 1.94. The van der Waals surface area contributed by atoms with E-state index in [2.05, 4.69) is 15.0 Å². The Kier molecular flexibility index (Phi) is 5.02. The molecule has 0 amide bonds. The first kappa shape index (κ1) is 11.5. The van der Waals surface area contributed by atoms with Gasteiger partial charge in [-0.3, -0.25) is 0 Å². The summed E-state index contributed by atoms with van der Waals surface area (Å²) in [5, 5.41) is 0. The predicted octanol–water partition coefficient (Wildman–Crippen LogP) is 0.0695. The average molecular weight is 230 g/mol. The molecule has 0 saturated heterocycles. The number of aromatic amines is 1. The van der Waals surface area contributed by atoms with Crippen molar-refractivity contribution in [2.24, 2.45) is 0 Å². The van der Waals surface area contributed by atoms with Crippen molar-refractivity contribution < 1.29 is 29.1 Å². The molecule has 4 nitrogen and oxygen atoms in total. The number of halogens is 1. The van der Waals surface area contributed by atoms with Gasteiger partial charge in [0.25, 0.3) is 0 Å². The maximum absolute atomic E-state index is 8.91. The van der Waals surface area contributed by atoms with E-state index in [1.54, 1.807) is 0 Å². The van der Waals surface area contributed by atoms with Crippen LogP contribution in [0.1, 0.15) is 5.69 Å². The second kappa shape index (κ2) is 5.23. The maximum atomic E-state index is 8.91. The van der Waals surface area contributed by atoms with E-state index in [0.717, 1.165) is 0 Å². The molecule has 0 spiro atoms. The Balaban J connectivity index is 0.000000217. The van der Waals surface area contributed by atoms with Gasteiger partial charge in [-0.05, 0) is 0 Å². The monoisotopic (exact) mass is 229 g/mol. The van der Waals surface area contributed by atoms with Crippen molar-refractivity contribution in [2.45, 2.75) is 6.92 Å². The first-order valence-electron chi connectivity index (χ1n) is 2.98. The molecule has 1 aromatic heterocycles. The Labute approximate surface area is 76.5 Å². The summed E-state index contributed by atoms with van der Waals surface area (Å²) in [7, 11) is 4.02. The van der Waals surface area contributed by atoms with Crippen LogP contribution >= 0.6 is 10.0 Å². The van der Waals surface area contributed by atoms with Crippen molar-refractivity contribution in [1.29, 1.82) is 0 Å². The zero-order valence-corrected chi connectivity index (χ0v) is 8.35. The Morgan fingerprint density at radius 2 is 2.00 bits per heavy atom. The summed E-state index contributed by atoms with van der Waals surface area (Å²) in [5.74, 6) is 0. The zero-order chi connectivity index (χ0) is 9.61. The number of H-pyrrole nitrogens is 1. The molecule has 68 valence electrons. The molecule has 0 aliphatic rings. The van der Waals surface area contributed by atoms with E-state index in [-0.39, 0.29) is 0 Å². The van der Waals surface area contributed by atoms with Crippen molar-refractivity contribution in [2.75, 3.05) is 0 Å². The SMILES string of the molecule is Cc1cccc[nH+]1.[O]=[Cr](=[O])([O-])[Cl]. The van der Waals surface area contributed by atoms with Gasteiger partial charge >= 0.3 is 34.2 Å². The third-order valence-corrected chi connectivity index (χ3v) is 0.865. The molecule has 0 aliphatic carbocycles. The normalized spacial score (nSPS) is 9.92. The van der Waals surface area contributed by atoms with Crippen LogP contribution in [0.2, 0.25) is 0 Å². The van der Waals surface area contributed by atoms with Gasteiger partial charge in [0.2, 0.25) is 0 Å². The van der Waals surface area contributed by atoms with E-state index in [9.17, 15) is 0 Å². The second-order valence-corrected chi connectivity index (χ2v) is 4.72. The van der Waals surface area contributed by atoms with Crippen LogP contribution in [0.25, 0.3) is 0 Å². The molecule has 0 radical (unpaired) electrons. The summed E-state index contributed by atoms with van der Waals surface area (Å²) in [6, 6.07) is 6.00. The van der Waals surface area contributed by atoms with Crippen LogP contribution in [0.3, 0.4) is 0 Å². The van der Waals surface area contributed by atoms with E-state index in [1.165, 1.54) is 5.69 Å². The number of hydrogen-bond donors (Lipinski definition) is 0. The van der Waals surface area contributed by atoms with E-state index in [0.29, 0.717) is 0 Å². The van der Waals surface area contributed by atoms with Crippen LogP contribution in [-0.2, 0) is 20.0 Å². The minimum absolute atomic E-state index is 1.20. The van der Waals surface area contributed by atoms with Gasteiger partial charge in [0.15, 0.2) is 11.9 Å². The van der Waals surface area contributed by atoms with Crippen molar-refractivity contribution in [3.8, 4) is 0 Å². The Hall–Kier alpha value is -0.468. The summed E-state index contributed by atoms with van der Waals surface area (Å²) in [6.07, 6.45) is 1.91. The summed E-state index contributed by atoms with van der Waals surface area (Å²) >= 11 is -5.03. The molecule has 12 heavy (non-hydrogen) atoms. The molecule has 6 heteroatoms. The molecule has 0 bridgehead atoms. The fourth-order valence-corrected chi connectivity index (χ4v) is 0.483. The molecular formula is C6H8ClCrNO3. The third kappa shape index (κ3) is 12.2. The third-order valence-electron chi connectivity index (χ3n) is 0.865. The van der Waals surface area contributed by atoms with Crippen LogP contribution in [0.4, 0.5) is 0 Å². The van der Waals surface area contributed by atoms with Gasteiger partial charge in [0, 0.05) is 19.1 Å². The van der Waals surface area contributed by atoms with Gasteiger partial charge in [-0.1, -0.05) is 6.07 Å². The molecule has 0 aromatic carbocycles.